The van der Waals surface area contributed by atoms with Crippen molar-refractivity contribution in [2.75, 3.05) is 38.2 Å². The predicted octanol–water partition coefficient (Wildman–Crippen LogP) is 5.73. The lowest BCUT2D eigenvalue weighted by atomic mass is 9.87. The topological polar surface area (TPSA) is 34.3 Å². The number of aromatic amines is 1. The Kier molecular flexibility index (Phi) is 6.96. The highest BCUT2D eigenvalue weighted by Gasteiger charge is 2.39. The Labute approximate surface area is 207 Å². The van der Waals surface area contributed by atoms with Gasteiger partial charge in [-0.05, 0) is 62.6 Å². The quantitative estimate of drug-likeness (QED) is 0.383. The van der Waals surface area contributed by atoms with Crippen molar-refractivity contribution in [2.45, 2.75) is 51.0 Å². The van der Waals surface area contributed by atoms with Crippen LogP contribution in [0.15, 0.2) is 30.3 Å². The van der Waals surface area contributed by atoms with E-state index in [1.807, 2.05) is 6.92 Å². The molecule has 4 nitrogen and oxygen atoms in total. The van der Waals surface area contributed by atoms with E-state index >= 15 is 8.78 Å². The lowest BCUT2D eigenvalue weighted by Gasteiger charge is -2.42. The maximum absolute atomic E-state index is 15.6. The van der Waals surface area contributed by atoms with Gasteiger partial charge in [-0.15, -0.1) is 0 Å². The SMILES string of the molecule is CC(F)CN1[C@H](c2c(F)cc(NC3CN(CCCF)C3)cc2F)c2[nH]c3ccc(F)cc3c2C[C@H]1C. The molecule has 36 heavy (non-hydrogen) atoms. The number of anilines is 1. The number of nitrogens with zero attached hydrogens (tertiary/aromatic N) is 2. The third-order valence-electron chi connectivity index (χ3n) is 7.32. The van der Waals surface area contributed by atoms with E-state index in [0.717, 1.165) is 5.56 Å². The van der Waals surface area contributed by atoms with E-state index in [-0.39, 0.29) is 36.7 Å². The normalized spacial score (nSPS) is 22.0. The molecular weight excluding hydrogens is 475 g/mol. The van der Waals surface area contributed by atoms with Gasteiger partial charge in [-0.3, -0.25) is 14.2 Å². The van der Waals surface area contributed by atoms with Gasteiger partial charge in [0.2, 0.25) is 0 Å². The van der Waals surface area contributed by atoms with Crippen molar-refractivity contribution in [3.05, 3.63) is 64.6 Å². The number of benzene rings is 2. The third kappa shape index (κ3) is 4.70. The van der Waals surface area contributed by atoms with Crippen LogP contribution in [0.1, 0.15) is 43.1 Å². The van der Waals surface area contributed by atoms with Crippen molar-refractivity contribution in [3.8, 4) is 0 Å². The van der Waals surface area contributed by atoms with Gasteiger partial charge >= 0.3 is 0 Å². The van der Waals surface area contributed by atoms with Crippen molar-refractivity contribution in [1.29, 1.82) is 0 Å². The standard InChI is InChI=1S/C27H31F5N4/c1-15(29)12-36-16(2)8-21-20-9-17(30)4-5-24(20)34-26(21)27(36)25-22(31)10-18(11-23(25)32)33-19-13-35(14-19)7-3-6-28/h4-5,9-11,15-16,19,27,33-34H,3,6-8,12-14H2,1-2H3/t15?,16-,27-/m1/s1. The van der Waals surface area contributed by atoms with E-state index < -0.39 is 23.8 Å². The van der Waals surface area contributed by atoms with Crippen LogP contribution in [0.4, 0.5) is 27.6 Å². The van der Waals surface area contributed by atoms with Crippen LogP contribution in [0.5, 0.6) is 0 Å². The number of alkyl halides is 2. The predicted molar refractivity (Wildman–Crippen MR) is 131 cm³/mol. The van der Waals surface area contributed by atoms with Crippen LogP contribution >= 0.6 is 0 Å². The van der Waals surface area contributed by atoms with Gasteiger partial charge in [-0.1, -0.05) is 0 Å². The molecule has 2 N–H and O–H groups in total. The first-order valence-electron chi connectivity index (χ1n) is 12.5. The van der Waals surface area contributed by atoms with E-state index in [1.165, 1.54) is 31.2 Å². The second kappa shape index (κ2) is 10.0. The highest BCUT2D eigenvalue weighted by Crippen LogP contribution is 2.43. The molecule has 0 saturated carbocycles. The number of halogens is 5. The van der Waals surface area contributed by atoms with Gasteiger partial charge in [-0.25, -0.2) is 17.6 Å². The van der Waals surface area contributed by atoms with Gasteiger partial charge in [-0.2, -0.15) is 0 Å². The zero-order chi connectivity index (χ0) is 25.6. The molecule has 5 rings (SSSR count). The summed E-state index contributed by atoms with van der Waals surface area (Å²) < 4.78 is 71.9. The summed E-state index contributed by atoms with van der Waals surface area (Å²) in [5.74, 6) is -1.84. The third-order valence-corrected chi connectivity index (χ3v) is 7.32. The first-order valence-corrected chi connectivity index (χ1v) is 12.5. The Morgan fingerprint density at radius 2 is 1.83 bits per heavy atom. The summed E-state index contributed by atoms with van der Waals surface area (Å²) in [5, 5.41) is 3.83. The lowest BCUT2D eigenvalue weighted by Crippen LogP contribution is -2.54. The van der Waals surface area contributed by atoms with Crippen LogP contribution in [-0.4, -0.2) is 65.9 Å². The maximum atomic E-state index is 15.6. The fourth-order valence-electron chi connectivity index (χ4n) is 5.70. The molecule has 0 bridgehead atoms. The highest BCUT2D eigenvalue weighted by molar-refractivity contribution is 5.85. The number of fused-ring (bicyclic) bond motifs is 3. The second-order valence-corrected chi connectivity index (χ2v) is 10.1. The molecule has 1 fully saturated rings. The number of rotatable bonds is 8. The molecule has 0 aliphatic carbocycles. The summed E-state index contributed by atoms with van der Waals surface area (Å²) >= 11 is 0. The van der Waals surface area contributed by atoms with Gasteiger partial charge in [0, 0.05) is 60.1 Å². The Morgan fingerprint density at radius 3 is 2.50 bits per heavy atom. The van der Waals surface area contributed by atoms with E-state index in [2.05, 4.69) is 15.2 Å². The van der Waals surface area contributed by atoms with Gasteiger partial charge in [0.15, 0.2) is 0 Å². The summed E-state index contributed by atoms with van der Waals surface area (Å²) in [6.07, 6.45) is -0.226. The van der Waals surface area contributed by atoms with Crippen LogP contribution in [0.25, 0.3) is 10.9 Å². The Hall–Kier alpha value is -2.65. The van der Waals surface area contributed by atoms with Crippen LogP contribution in [0.3, 0.4) is 0 Å². The maximum Gasteiger partial charge on any atom is 0.133 e. The minimum atomic E-state index is -1.20. The number of hydrogen-bond acceptors (Lipinski definition) is 3. The minimum absolute atomic E-state index is 0.00463. The molecule has 0 amide bonds. The molecule has 194 valence electrons. The molecule has 0 radical (unpaired) electrons. The van der Waals surface area contributed by atoms with Crippen LogP contribution in [0, 0.1) is 17.5 Å². The van der Waals surface area contributed by atoms with E-state index in [9.17, 15) is 13.2 Å². The first kappa shape index (κ1) is 25.0. The van der Waals surface area contributed by atoms with Crippen LogP contribution in [0.2, 0.25) is 0 Å². The largest absolute Gasteiger partial charge is 0.380 e. The summed E-state index contributed by atoms with van der Waals surface area (Å²) in [6, 6.07) is 5.87. The molecule has 1 saturated heterocycles. The first-order chi connectivity index (χ1) is 17.2. The molecule has 2 aliphatic rings. The fourth-order valence-corrected chi connectivity index (χ4v) is 5.70. The monoisotopic (exact) mass is 506 g/mol. The van der Waals surface area contributed by atoms with Crippen molar-refractivity contribution in [1.82, 2.24) is 14.8 Å². The average molecular weight is 507 g/mol. The van der Waals surface area contributed by atoms with Gasteiger partial charge in [0.25, 0.3) is 0 Å². The molecule has 2 aliphatic heterocycles. The Balaban J connectivity index is 1.50. The fraction of sp³-hybridized carbons (Fsp3) is 0.481. The molecule has 3 aromatic rings. The van der Waals surface area contributed by atoms with E-state index in [4.69, 9.17) is 0 Å². The van der Waals surface area contributed by atoms with E-state index in [1.54, 1.807) is 11.0 Å². The minimum Gasteiger partial charge on any atom is -0.380 e. The summed E-state index contributed by atoms with van der Waals surface area (Å²) in [6.45, 7) is 4.99. The Morgan fingerprint density at radius 1 is 1.11 bits per heavy atom. The molecule has 3 atom stereocenters. The van der Waals surface area contributed by atoms with Crippen LogP contribution < -0.4 is 5.32 Å². The molecule has 0 spiro atoms. The Bertz CT molecular complexity index is 1210. The zero-order valence-corrected chi connectivity index (χ0v) is 20.4. The number of H-pyrrole nitrogens is 1. The van der Waals surface area contributed by atoms with Gasteiger partial charge in [0.1, 0.15) is 23.6 Å². The molecule has 1 unspecified atom stereocenters. The van der Waals surface area contributed by atoms with Gasteiger partial charge < -0.3 is 10.3 Å². The molecule has 2 aromatic carbocycles. The summed E-state index contributed by atoms with van der Waals surface area (Å²) in [4.78, 5) is 7.11. The number of nitrogens with one attached hydrogen (secondary N) is 2. The zero-order valence-electron chi connectivity index (χ0n) is 20.4. The lowest BCUT2D eigenvalue weighted by molar-refractivity contribution is 0.108. The summed E-state index contributed by atoms with van der Waals surface area (Å²) in [5.41, 5.74) is 2.22. The second-order valence-electron chi connectivity index (χ2n) is 10.1. The summed E-state index contributed by atoms with van der Waals surface area (Å²) in [7, 11) is 0. The molecular formula is C27H31F5N4. The van der Waals surface area contributed by atoms with Crippen LogP contribution in [-0.2, 0) is 6.42 Å². The van der Waals surface area contributed by atoms with Crippen molar-refractivity contribution >= 4 is 16.6 Å². The van der Waals surface area contributed by atoms with Gasteiger partial charge in [0.05, 0.1) is 18.8 Å². The van der Waals surface area contributed by atoms with E-state index in [0.29, 0.717) is 54.8 Å². The number of hydrogen-bond donors (Lipinski definition) is 2. The average Bonchev–Trinajstić information content (AvgIpc) is 3.13. The molecule has 3 heterocycles. The number of aromatic nitrogens is 1. The highest BCUT2D eigenvalue weighted by atomic mass is 19.1. The van der Waals surface area contributed by atoms with Crippen molar-refractivity contribution in [3.63, 3.8) is 0 Å². The molecule has 9 heteroatoms. The molecule has 1 aromatic heterocycles. The smallest absolute Gasteiger partial charge is 0.133 e. The van der Waals surface area contributed by atoms with Crippen molar-refractivity contribution < 1.29 is 22.0 Å². The van der Waals surface area contributed by atoms with Crippen molar-refractivity contribution in [2.24, 2.45) is 0 Å². The number of likely N-dealkylation sites (tertiary alicyclic amines) is 1.